The van der Waals surface area contributed by atoms with Crippen molar-refractivity contribution in [2.45, 2.75) is 45.0 Å². The Balaban J connectivity index is 1.42. The maximum Gasteiger partial charge on any atom is 0.236 e. The number of carbonyl (C=O) groups is 1. The van der Waals surface area contributed by atoms with E-state index in [-0.39, 0.29) is 23.8 Å². The Labute approximate surface area is 219 Å². The molecule has 0 saturated carbocycles. The SMILES string of the molecule is COc1ccccc1OC(C)c1nnc(SCC(=O)Nc2nc(-c3ccccc3)c(C)s2)n1C(C)C. The number of aromatic nitrogens is 4. The zero-order chi connectivity index (χ0) is 25.7. The van der Waals surface area contributed by atoms with Gasteiger partial charge in [0.1, 0.15) is 0 Å². The van der Waals surface area contributed by atoms with E-state index in [9.17, 15) is 4.79 Å². The number of thiazole rings is 1. The molecular formula is C26H29N5O3S2. The number of carbonyl (C=O) groups excluding carboxylic acids is 1. The van der Waals surface area contributed by atoms with Crippen LogP contribution in [0.1, 0.15) is 43.6 Å². The van der Waals surface area contributed by atoms with E-state index >= 15 is 0 Å². The third-order valence-corrected chi connectivity index (χ3v) is 7.20. The monoisotopic (exact) mass is 523 g/mol. The molecule has 1 unspecified atom stereocenters. The van der Waals surface area contributed by atoms with Crippen molar-refractivity contribution in [2.75, 3.05) is 18.2 Å². The minimum Gasteiger partial charge on any atom is -0.493 e. The molecule has 2 heterocycles. The molecule has 188 valence electrons. The summed E-state index contributed by atoms with van der Waals surface area (Å²) in [6, 6.07) is 17.5. The Morgan fingerprint density at radius 2 is 1.75 bits per heavy atom. The molecule has 0 aliphatic carbocycles. The molecule has 0 spiro atoms. The van der Waals surface area contributed by atoms with E-state index in [0.717, 1.165) is 16.1 Å². The fraction of sp³-hybridized carbons (Fsp3) is 0.308. The summed E-state index contributed by atoms with van der Waals surface area (Å²) in [5.74, 6) is 2.01. The predicted octanol–water partition coefficient (Wildman–Crippen LogP) is 6.17. The van der Waals surface area contributed by atoms with Crippen LogP contribution in [0.2, 0.25) is 0 Å². The van der Waals surface area contributed by atoms with Gasteiger partial charge in [-0.05, 0) is 39.8 Å². The minimum atomic E-state index is -0.367. The normalized spacial score (nSPS) is 11.9. The van der Waals surface area contributed by atoms with Crippen molar-refractivity contribution in [1.29, 1.82) is 0 Å². The van der Waals surface area contributed by atoms with Gasteiger partial charge in [-0.1, -0.05) is 54.2 Å². The number of anilines is 1. The molecule has 36 heavy (non-hydrogen) atoms. The number of aryl methyl sites for hydroxylation is 1. The van der Waals surface area contributed by atoms with Gasteiger partial charge in [0.2, 0.25) is 5.91 Å². The first-order valence-electron chi connectivity index (χ1n) is 11.6. The third kappa shape index (κ3) is 5.88. The molecular weight excluding hydrogens is 494 g/mol. The number of ether oxygens (including phenoxy) is 2. The molecule has 4 rings (SSSR count). The zero-order valence-electron chi connectivity index (χ0n) is 20.9. The van der Waals surface area contributed by atoms with Crippen LogP contribution in [0.15, 0.2) is 59.8 Å². The van der Waals surface area contributed by atoms with E-state index in [1.54, 1.807) is 7.11 Å². The maximum atomic E-state index is 12.7. The first-order chi connectivity index (χ1) is 17.4. The van der Waals surface area contributed by atoms with Crippen LogP contribution >= 0.6 is 23.1 Å². The fourth-order valence-corrected chi connectivity index (χ4v) is 5.43. The largest absolute Gasteiger partial charge is 0.493 e. The van der Waals surface area contributed by atoms with Crippen molar-refractivity contribution in [3.05, 3.63) is 65.3 Å². The third-order valence-electron chi connectivity index (χ3n) is 5.37. The van der Waals surface area contributed by atoms with E-state index in [0.29, 0.717) is 27.6 Å². The number of thioether (sulfide) groups is 1. The molecule has 1 atom stereocenters. The molecule has 0 bridgehead atoms. The number of hydrogen-bond acceptors (Lipinski definition) is 8. The number of nitrogens with zero attached hydrogens (tertiary/aromatic N) is 4. The van der Waals surface area contributed by atoms with Gasteiger partial charge in [0.15, 0.2) is 33.7 Å². The van der Waals surface area contributed by atoms with E-state index in [4.69, 9.17) is 9.47 Å². The van der Waals surface area contributed by atoms with Crippen LogP contribution in [0, 0.1) is 6.92 Å². The highest BCUT2D eigenvalue weighted by Crippen LogP contribution is 2.33. The second kappa shape index (κ2) is 11.6. The van der Waals surface area contributed by atoms with Gasteiger partial charge in [0.25, 0.3) is 0 Å². The topological polar surface area (TPSA) is 91.2 Å². The van der Waals surface area contributed by atoms with Crippen molar-refractivity contribution in [2.24, 2.45) is 0 Å². The van der Waals surface area contributed by atoms with E-state index < -0.39 is 0 Å². The molecule has 0 fully saturated rings. The van der Waals surface area contributed by atoms with Gasteiger partial charge in [-0.15, -0.1) is 21.5 Å². The minimum absolute atomic E-state index is 0.0827. The van der Waals surface area contributed by atoms with Gasteiger partial charge in [-0.25, -0.2) is 4.98 Å². The Bertz CT molecular complexity index is 1320. The van der Waals surface area contributed by atoms with Crippen LogP contribution in [0.5, 0.6) is 11.5 Å². The Morgan fingerprint density at radius 3 is 2.44 bits per heavy atom. The van der Waals surface area contributed by atoms with Crippen LogP contribution in [0.3, 0.4) is 0 Å². The fourth-order valence-electron chi connectivity index (χ4n) is 3.71. The smallest absolute Gasteiger partial charge is 0.236 e. The van der Waals surface area contributed by atoms with Crippen LogP contribution in [0.4, 0.5) is 5.13 Å². The number of benzene rings is 2. The molecule has 0 radical (unpaired) electrons. The lowest BCUT2D eigenvalue weighted by atomic mass is 10.1. The maximum absolute atomic E-state index is 12.7. The quantitative estimate of drug-likeness (QED) is 0.249. The molecule has 4 aromatic rings. The molecule has 1 N–H and O–H groups in total. The lowest BCUT2D eigenvalue weighted by molar-refractivity contribution is -0.113. The molecule has 1 amide bonds. The lowest BCUT2D eigenvalue weighted by Crippen LogP contribution is -2.16. The second-order valence-electron chi connectivity index (χ2n) is 8.34. The number of hydrogen-bond donors (Lipinski definition) is 1. The lowest BCUT2D eigenvalue weighted by Gasteiger charge is -2.19. The van der Waals surface area contributed by atoms with Gasteiger partial charge < -0.3 is 19.4 Å². The van der Waals surface area contributed by atoms with Crippen LogP contribution in [-0.4, -0.2) is 38.5 Å². The molecule has 0 aliphatic heterocycles. The molecule has 2 aromatic heterocycles. The first-order valence-corrected chi connectivity index (χ1v) is 13.4. The standard InChI is InChI=1S/C26H29N5O3S2/c1-16(2)31-24(17(3)34-21-14-10-9-13-20(21)33-5)29-30-26(31)35-15-22(32)27-25-28-23(18(4)36-25)19-11-7-6-8-12-19/h6-14,16-17H,15H2,1-5H3,(H,27,28,32). The molecule has 0 aliphatic rings. The van der Waals surface area contributed by atoms with Gasteiger partial charge in [-0.3, -0.25) is 4.79 Å². The van der Waals surface area contributed by atoms with Crippen molar-refractivity contribution in [3.8, 4) is 22.8 Å². The summed E-state index contributed by atoms with van der Waals surface area (Å²) in [4.78, 5) is 18.4. The van der Waals surface area contributed by atoms with Crippen LogP contribution in [0.25, 0.3) is 11.3 Å². The zero-order valence-corrected chi connectivity index (χ0v) is 22.5. The van der Waals surface area contributed by atoms with Crippen molar-refractivity contribution in [1.82, 2.24) is 19.7 Å². The van der Waals surface area contributed by atoms with Gasteiger partial charge in [0.05, 0.1) is 18.6 Å². The molecule has 2 aromatic carbocycles. The summed E-state index contributed by atoms with van der Waals surface area (Å²) in [6.07, 6.45) is -0.367. The van der Waals surface area contributed by atoms with Crippen molar-refractivity contribution in [3.63, 3.8) is 0 Å². The summed E-state index contributed by atoms with van der Waals surface area (Å²) in [7, 11) is 1.61. The second-order valence-corrected chi connectivity index (χ2v) is 10.5. The molecule has 0 saturated heterocycles. The van der Waals surface area contributed by atoms with Crippen LogP contribution < -0.4 is 14.8 Å². The van der Waals surface area contributed by atoms with E-state index in [1.807, 2.05) is 73.0 Å². The first kappa shape index (κ1) is 25.7. The predicted molar refractivity (Wildman–Crippen MR) is 144 cm³/mol. The highest BCUT2D eigenvalue weighted by molar-refractivity contribution is 7.99. The van der Waals surface area contributed by atoms with E-state index in [1.165, 1.54) is 23.1 Å². The summed E-state index contributed by atoms with van der Waals surface area (Å²) in [5.41, 5.74) is 1.92. The molecule has 8 nitrogen and oxygen atoms in total. The Kier molecular flexibility index (Phi) is 8.27. The van der Waals surface area contributed by atoms with Crippen molar-refractivity contribution >= 4 is 34.1 Å². The van der Waals surface area contributed by atoms with Crippen LogP contribution in [-0.2, 0) is 4.79 Å². The highest BCUT2D eigenvalue weighted by Gasteiger charge is 2.23. The Morgan fingerprint density at radius 1 is 1.06 bits per heavy atom. The number of para-hydroxylation sites is 2. The number of amides is 1. The average molecular weight is 524 g/mol. The average Bonchev–Trinajstić information content (AvgIpc) is 3.47. The Hall–Kier alpha value is -3.37. The number of methoxy groups -OCH3 is 1. The summed E-state index contributed by atoms with van der Waals surface area (Å²) < 4.78 is 13.5. The number of nitrogens with one attached hydrogen (secondary N) is 1. The van der Waals surface area contributed by atoms with Gasteiger partial charge in [0, 0.05) is 16.5 Å². The number of rotatable bonds is 10. The van der Waals surface area contributed by atoms with Gasteiger partial charge >= 0.3 is 0 Å². The summed E-state index contributed by atoms with van der Waals surface area (Å²) in [5, 5.41) is 12.9. The summed E-state index contributed by atoms with van der Waals surface area (Å²) in [6.45, 7) is 8.03. The van der Waals surface area contributed by atoms with E-state index in [2.05, 4.69) is 34.3 Å². The summed E-state index contributed by atoms with van der Waals surface area (Å²) >= 11 is 2.80. The van der Waals surface area contributed by atoms with Crippen molar-refractivity contribution < 1.29 is 14.3 Å². The molecule has 10 heteroatoms. The highest BCUT2D eigenvalue weighted by atomic mass is 32.2. The van der Waals surface area contributed by atoms with Gasteiger partial charge in [-0.2, -0.15) is 0 Å².